The second-order valence-electron chi connectivity index (χ2n) is 5.09. The highest BCUT2D eigenvalue weighted by atomic mass is 16.5. The molecule has 1 fully saturated rings. The summed E-state index contributed by atoms with van der Waals surface area (Å²) in [6.07, 6.45) is 1.22. The first kappa shape index (κ1) is 16.3. The third-order valence-corrected chi connectivity index (χ3v) is 3.41. The van der Waals surface area contributed by atoms with Gasteiger partial charge in [-0.2, -0.15) is 0 Å². The highest BCUT2D eigenvalue weighted by Crippen LogP contribution is 2.21. The summed E-state index contributed by atoms with van der Waals surface area (Å²) in [4.78, 5) is 37.8. The van der Waals surface area contributed by atoms with Crippen LogP contribution in [0.15, 0.2) is 0 Å². The molecule has 1 N–H and O–H groups in total. The number of ether oxygens (including phenoxy) is 1. The van der Waals surface area contributed by atoms with Crippen LogP contribution >= 0.6 is 0 Å². The maximum atomic E-state index is 12.5. The Morgan fingerprint density at radius 3 is 2.55 bits per heavy atom. The van der Waals surface area contributed by atoms with E-state index in [-0.39, 0.29) is 25.0 Å². The molecular weight excluding hydrogens is 264 g/mol. The Morgan fingerprint density at radius 2 is 2.05 bits per heavy atom. The third-order valence-electron chi connectivity index (χ3n) is 3.41. The molecule has 0 saturated carbocycles. The average molecular weight is 286 g/mol. The predicted octanol–water partition coefficient (Wildman–Crippen LogP) is 0.929. The second-order valence-corrected chi connectivity index (χ2v) is 5.09. The number of carboxylic acids is 1. The van der Waals surface area contributed by atoms with Gasteiger partial charge >= 0.3 is 18.0 Å². The number of carboxylic acid groups (broad SMARTS) is 1. The zero-order chi connectivity index (χ0) is 15.3. The smallest absolute Gasteiger partial charge is 0.328 e. The first-order chi connectivity index (χ1) is 9.38. The van der Waals surface area contributed by atoms with Crippen LogP contribution < -0.4 is 0 Å². The summed E-state index contributed by atoms with van der Waals surface area (Å²) >= 11 is 0. The zero-order valence-electron chi connectivity index (χ0n) is 12.2. The maximum Gasteiger partial charge on any atom is 0.328 e. The maximum absolute atomic E-state index is 12.5. The van der Waals surface area contributed by atoms with Crippen molar-refractivity contribution in [3.05, 3.63) is 0 Å². The largest absolute Gasteiger partial charge is 0.481 e. The van der Waals surface area contributed by atoms with Crippen LogP contribution in [-0.4, -0.2) is 65.2 Å². The van der Waals surface area contributed by atoms with Crippen LogP contribution in [0.2, 0.25) is 0 Å². The van der Waals surface area contributed by atoms with Gasteiger partial charge in [-0.05, 0) is 26.7 Å². The number of nitrogens with zero attached hydrogens (tertiary/aromatic N) is 2. The van der Waals surface area contributed by atoms with Crippen LogP contribution in [0.4, 0.5) is 4.79 Å². The molecule has 0 radical (unpaired) electrons. The number of urea groups is 1. The molecule has 0 bridgehead atoms. The van der Waals surface area contributed by atoms with E-state index in [9.17, 15) is 14.4 Å². The minimum atomic E-state index is -0.950. The quantitative estimate of drug-likeness (QED) is 0.760. The minimum Gasteiger partial charge on any atom is -0.481 e. The second kappa shape index (κ2) is 7.12. The van der Waals surface area contributed by atoms with Gasteiger partial charge in [0.2, 0.25) is 0 Å². The summed E-state index contributed by atoms with van der Waals surface area (Å²) in [5.41, 5.74) is 0. The van der Waals surface area contributed by atoms with Crippen molar-refractivity contribution in [3.8, 4) is 0 Å². The number of aliphatic carboxylic acids is 1. The van der Waals surface area contributed by atoms with Crippen molar-refractivity contribution in [2.45, 2.75) is 45.2 Å². The van der Waals surface area contributed by atoms with Gasteiger partial charge in [0, 0.05) is 19.1 Å². The fourth-order valence-electron chi connectivity index (χ4n) is 2.33. The van der Waals surface area contributed by atoms with E-state index in [1.54, 1.807) is 0 Å². The van der Waals surface area contributed by atoms with Crippen molar-refractivity contribution in [3.63, 3.8) is 0 Å². The molecule has 0 spiro atoms. The van der Waals surface area contributed by atoms with Gasteiger partial charge in [0.25, 0.3) is 0 Å². The standard InChI is InChI=1S/C13H22N2O5/c1-9(2)14(8-6-11(16)17)13(19)15-7-4-5-10(15)12(18)20-3/h9-10H,4-8H2,1-3H3,(H,16,17). The number of esters is 1. The molecule has 1 saturated heterocycles. The first-order valence-electron chi connectivity index (χ1n) is 6.75. The summed E-state index contributed by atoms with van der Waals surface area (Å²) in [5, 5.41) is 8.74. The lowest BCUT2D eigenvalue weighted by Gasteiger charge is -2.33. The number of methoxy groups -OCH3 is 1. The number of carbonyl (C=O) groups is 3. The number of carbonyl (C=O) groups excluding carboxylic acids is 2. The number of hydrogen-bond acceptors (Lipinski definition) is 4. The Balaban J connectivity index is 2.77. The van der Waals surface area contributed by atoms with Crippen molar-refractivity contribution in [2.75, 3.05) is 20.2 Å². The van der Waals surface area contributed by atoms with Gasteiger partial charge in [-0.15, -0.1) is 0 Å². The Morgan fingerprint density at radius 1 is 1.40 bits per heavy atom. The average Bonchev–Trinajstić information content (AvgIpc) is 2.86. The molecule has 0 aliphatic carbocycles. The van der Waals surface area contributed by atoms with Crippen LogP contribution in [0.1, 0.15) is 33.1 Å². The van der Waals surface area contributed by atoms with Gasteiger partial charge in [0.1, 0.15) is 6.04 Å². The number of rotatable bonds is 5. The van der Waals surface area contributed by atoms with E-state index < -0.39 is 18.0 Å². The van der Waals surface area contributed by atoms with Crippen LogP contribution in [-0.2, 0) is 14.3 Å². The molecule has 2 amide bonds. The summed E-state index contributed by atoms with van der Waals surface area (Å²) in [6, 6.07) is -0.978. The zero-order valence-corrected chi connectivity index (χ0v) is 12.2. The molecule has 1 unspecified atom stereocenters. The normalized spacial score (nSPS) is 18.2. The van der Waals surface area contributed by atoms with E-state index in [2.05, 4.69) is 0 Å². The molecule has 1 heterocycles. The Kier molecular flexibility index (Phi) is 5.79. The van der Waals surface area contributed by atoms with E-state index in [0.717, 1.165) is 6.42 Å². The fourth-order valence-corrected chi connectivity index (χ4v) is 2.33. The van der Waals surface area contributed by atoms with Crippen LogP contribution in [0.3, 0.4) is 0 Å². The van der Waals surface area contributed by atoms with Gasteiger partial charge in [0.15, 0.2) is 0 Å². The predicted molar refractivity (Wildman–Crippen MR) is 71.2 cm³/mol. The Hall–Kier alpha value is -1.79. The lowest BCUT2D eigenvalue weighted by atomic mass is 10.2. The monoisotopic (exact) mass is 286 g/mol. The van der Waals surface area contributed by atoms with Crippen LogP contribution in [0.25, 0.3) is 0 Å². The van der Waals surface area contributed by atoms with Gasteiger partial charge in [-0.1, -0.05) is 0 Å². The molecule has 0 aromatic carbocycles. The van der Waals surface area contributed by atoms with Crippen molar-refractivity contribution in [1.82, 2.24) is 9.80 Å². The number of amides is 2. The molecule has 7 heteroatoms. The molecule has 1 atom stereocenters. The van der Waals surface area contributed by atoms with Crippen molar-refractivity contribution in [2.24, 2.45) is 0 Å². The van der Waals surface area contributed by atoms with Crippen LogP contribution in [0.5, 0.6) is 0 Å². The van der Waals surface area contributed by atoms with Crippen LogP contribution in [0, 0.1) is 0 Å². The molecule has 1 rings (SSSR count). The minimum absolute atomic E-state index is 0.110. The van der Waals surface area contributed by atoms with Gasteiger partial charge in [-0.3, -0.25) is 4.79 Å². The summed E-state index contributed by atoms with van der Waals surface area (Å²) in [6.45, 7) is 4.27. The molecule has 1 aliphatic heterocycles. The molecule has 7 nitrogen and oxygen atoms in total. The highest BCUT2D eigenvalue weighted by molar-refractivity contribution is 5.84. The SMILES string of the molecule is COC(=O)C1CCCN1C(=O)N(CCC(=O)O)C(C)C. The molecule has 114 valence electrons. The van der Waals surface area contributed by atoms with E-state index in [1.807, 2.05) is 13.8 Å². The molecule has 20 heavy (non-hydrogen) atoms. The molecule has 0 aromatic rings. The number of likely N-dealkylation sites (tertiary alicyclic amines) is 1. The van der Waals surface area contributed by atoms with Crippen molar-refractivity contribution in [1.29, 1.82) is 0 Å². The summed E-state index contributed by atoms with van der Waals surface area (Å²) < 4.78 is 4.71. The van der Waals surface area contributed by atoms with Crippen molar-refractivity contribution >= 4 is 18.0 Å². The topological polar surface area (TPSA) is 87.2 Å². The molecule has 0 aromatic heterocycles. The fraction of sp³-hybridized carbons (Fsp3) is 0.769. The van der Waals surface area contributed by atoms with Gasteiger partial charge in [-0.25, -0.2) is 9.59 Å². The van der Waals surface area contributed by atoms with Crippen molar-refractivity contribution < 1.29 is 24.2 Å². The van der Waals surface area contributed by atoms with Gasteiger partial charge < -0.3 is 19.6 Å². The van der Waals surface area contributed by atoms with E-state index in [0.29, 0.717) is 13.0 Å². The summed E-state index contributed by atoms with van der Waals surface area (Å²) in [5.74, 6) is -1.37. The summed E-state index contributed by atoms with van der Waals surface area (Å²) in [7, 11) is 1.30. The van der Waals surface area contributed by atoms with E-state index >= 15 is 0 Å². The molecular formula is C13H22N2O5. The van der Waals surface area contributed by atoms with E-state index in [1.165, 1.54) is 16.9 Å². The van der Waals surface area contributed by atoms with E-state index in [4.69, 9.17) is 9.84 Å². The number of hydrogen-bond donors (Lipinski definition) is 1. The molecule has 1 aliphatic rings. The lowest BCUT2D eigenvalue weighted by Crippen LogP contribution is -2.51. The Labute approximate surface area is 118 Å². The third kappa shape index (κ3) is 3.85. The Bertz CT molecular complexity index is 383. The highest BCUT2D eigenvalue weighted by Gasteiger charge is 2.37. The first-order valence-corrected chi connectivity index (χ1v) is 6.75. The van der Waals surface area contributed by atoms with Gasteiger partial charge in [0.05, 0.1) is 13.5 Å². The lowest BCUT2D eigenvalue weighted by molar-refractivity contribution is -0.145.